The summed E-state index contributed by atoms with van der Waals surface area (Å²) in [7, 11) is 0. The van der Waals surface area contributed by atoms with E-state index < -0.39 is 0 Å². The van der Waals surface area contributed by atoms with Gasteiger partial charge in [-0.05, 0) is 48.8 Å². The van der Waals surface area contributed by atoms with Gasteiger partial charge >= 0.3 is 0 Å². The number of benzene rings is 1. The normalized spacial score (nSPS) is 24.1. The highest BCUT2D eigenvalue weighted by Crippen LogP contribution is 2.37. The maximum atomic E-state index is 13.0. The number of aliphatic imine (C=N–C) groups is 1. The zero-order valence-electron chi connectivity index (χ0n) is 20.9. The average molecular weight is 492 g/mol. The van der Waals surface area contributed by atoms with Crippen LogP contribution in [-0.2, 0) is 10.2 Å². The van der Waals surface area contributed by atoms with Crippen molar-refractivity contribution in [2.24, 2.45) is 4.99 Å². The fraction of sp³-hybridized carbons (Fsp3) is 0.704. The van der Waals surface area contributed by atoms with Gasteiger partial charge in [0.2, 0.25) is 5.91 Å². The minimum Gasteiger partial charge on any atom is -0.327 e. The zero-order valence-corrected chi connectivity index (χ0v) is 22.5. The Bertz CT molecular complexity index is 808. The third-order valence-corrected chi connectivity index (χ3v) is 8.43. The molecule has 1 amide bonds. The summed E-state index contributed by atoms with van der Waals surface area (Å²) in [4.78, 5) is 22.9. The second kappa shape index (κ2) is 11.5. The van der Waals surface area contributed by atoms with Gasteiger partial charge in [-0.1, -0.05) is 83.2 Å². The Balaban J connectivity index is 0.00000306. The van der Waals surface area contributed by atoms with Crippen LogP contribution in [-0.4, -0.2) is 40.0 Å². The van der Waals surface area contributed by atoms with E-state index in [9.17, 15) is 4.79 Å². The first-order valence-corrected chi connectivity index (χ1v) is 13.7. The van der Waals surface area contributed by atoms with E-state index in [0.717, 1.165) is 11.4 Å². The molecule has 1 heterocycles. The molecule has 1 saturated heterocycles. The maximum absolute atomic E-state index is 13.0. The van der Waals surface area contributed by atoms with Crippen LogP contribution in [0.5, 0.6) is 0 Å². The van der Waals surface area contributed by atoms with Gasteiger partial charge in [0.15, 0.2) is 5.17 Å². The number of carbonyl (C=O) groups excluding carboxylic acids is 1. The van der Waals surface area contributed by atoms with Crippen molar-refractivity contribution < 1.29 is 4.79 Å². The molecular formula is C27H42ClN3OS. The molecule has 3 fully saturated rings. The Morgan fingerprint density at radius 2 is 1.55 bits per heavy atom. The van der Waals surface area contributed by atoms with Crippen LogP contribution in [0.1, 0.15) is 97.5 Å². The summed E-state index contributed by atoms with van der Waals surface area (Å²) in [5, 5.41) is 1.20. The van der Waals surface area contributed by atoms with Crippen molar-refractivity contribution in [3.8, 4) is 0 Å². The SMILES string of the molecule is CC(=O)N(c1ccc(C(C)(C)C)cc1)C1CSC(=NC2CCCCC2)N1C1CCCCC1.Cl. The summed E-state index contributed by atoms with van der Waals surface area (Å²) in [6.45, 7) is 8.42. The summed E-state index contributed by atoms with van der Waals surface area (Å²) in [5.74, 6) is 1.03. The summed E-state index contributed by atoms with van der Waals surface area (Å²) < 4.78 is 0. The lowest BCUT2D eigenvalue weighted by atomic mass is 9.87. The molecule has 1 aromatic carbocycles. The van der Waals surface area contributed by atoms with Crippen molar-refractivity contribution in [1.29, 1.82) is 0 Å². The molecule has 1 unspecified atom stereocenters. The van der Waals surface area contributed by atoms with Crippen molar-refractivity contribution >= 4 is 40.9 Å². The standard InChI is InChI=1S/C27H41N3OS.ClH/c1-20(31)29(24-17-15-21(16-18-24)27(2,3)4)25-19-32-26(28-22-11-7-5-8-12-22)30(25)23-13-9-6-10-14-23;/h15-18,22-23,25H,5-14,19H2,1-4H3;1H. The molecule has 33 heavy (non-hydrogen) atoms. The Kier molecular flexibility index (Phi) is 9.19. The number of thioether (sulfide) groups is 1. The number of halogens is 1. The van der Waals surface area contributed by atoms with E-state index in [-0.39, 0.29) is 29.9 Å². The predicted octanol–water partition coefficient (Wildman–Crippen LogP) is 7.16. The number of nitrogens with zero attached hydrogens (tertiary/aromatic N) is 3. The quantitative estimate of drug-likeness (QED) is 0.448. The number of hydrogen-bond donors (Lipinski definition) is 0. The average Bonchev–Trinajstić information content (AvgIpc) is 3.17. The lowest BCUT2D eigenvalue weighted by Gasteiger charge is -2.41. The van der Waals surface area contributed by atoms with Crippen LogP contribution in [0, 0.1) is 0 Å². The molecule has 3 aliphatic rings. The van der Waals surface area contributed by atoms with Gasteiger partial charge in [0.1, 0.15) is 6.17 Å². The Morgan fingerprint density at radius 1 is 0.970 bits per heavy atom. The lowest BCUT2D eigenvalue weighted by Crippen LogP contribution is -2.54. The fourth-order valence-electron chi connectivity index (χ4n) is 5.55. The van der Waals surface area contributed by atoms with Crippen molar-refractivity contribution in [3.63, 3.8) is 0 Å². The van der Waals surface area contributed by atoms with Crippen molar-refractivity contribution in [2.45, 2.75) is 116 Å². The van der Waals surface area contributed by atoms with E-state index in [4.69, 9.17) is 4.99 Å². The molecule has 0 spiro atoms. The second-order valence-electron chi connectivity index (χ2n) is 10.9. The summed E-state index contributed by atoms with van der Waals surface area (Å²) in [6.07, 6.45) is 12.8. The van der Waals surface area contributed by atoms with E-state index in [1.165, 1.54) is 74.9 Å². The van der Waals surface area contributed by atoms with Crippen LogP contribution in [0.2, 0.25) is 0 Å². The van der Waals surface area contributed by atoms with E-state index in [1.54, 1.807) is 6.92 Å². The number of rotatable bonds is 4. The number of amides is 1. The van der Waals surface area contributed by atoms with Crippen LogP contribution in [0.3, 0.4) is 0 Å². The largest absolute Gasteiger partial charge is 0.327 e. The highest BCUT2D eigenvalue weighted by molar-refractivity contribution is 8.14. The van der Waals surface area contributed by atoms with Gasteiger partial charge < -0.3 is 4.90 Å². The third-order valence-electron chi connectivity index (χ3n) is 7.39. The molecule has 4 nitrogen and oxygen atoms in total. The number of anilines is 1. The molecule has 1 aliphatic heterocycles. The van der Waals surface area contributed by atoms with Crippen LogP contribution in [0.15, 0.2) is 29.3 Å². The van der Waals surface area contributed by atoms with Crippen molar-refractivity contribution in [3.05, 3.63) is 29.8 Å². The Morgan fingerprint density at radius 3 is 2.09 bits per heavy atom. The molecule has 0 aromatic heterocycles. The fourth-order valence-corrected chi connectivity index (χ4v) is 6.80. The van der Waals surface area contributed by atoms with E-state index >= 15 is 0 Å². The van der Waals surface area contributed by atoms with Gasteiger partial charge in [-0.2, -0.15) is 0 Å². The molecule has 0 bridgehead atoms. The summed E-state index contributed by atoms with van der Waals surface area (Å²) >= 11 is 1.88. The van der Waals surface area contributed by atoms with Crippen molar-refractivity contribution in [1.82, 2.24) is 4.90 Å². The van der Waals surface area contributed by atoms with Gasteiger partial charge in [0.05, 0.1) is 6.04 Å². The topological polar surface area (TPSA) is 35.9 Å². The minimum atomic E-state index is 0. The Labute approximate surface area is 211 Å². The molecule has 0 N–H and O–H groups in total. The Hall–Kier alpha value is -1.20. The van der Waals surface area contributed by atoms with E-state index in [1.807, 2.05) is 16.7 Å². The van der Waals surface area contributed by atoms with Gasteiger partial charge in [0, 0.05) is 24.4 Å². The van der Waals surface area contributed by atoms with E-state index in [0.29, 0.717) is 12.1 Å². The van der Waals surface area contributed by atoms with Gasteiger partial charge in [0.25, 0.3) is 0 Å². The molecule has 0 radical (unpaired) electrons. The van der Waals surface area contributed by atoms with Gasteiger partial charge in [-0.3, -0.25) is 14.7 Å². The van der Waals surface area contributed by atoms with Crippen LogP contribution < -0.4 is 4.90 Å². The smallest absolute Gasteiger partial charge is 0.225 e. The first-order chi connectivity index (χ1) is 15.3. The van der Waals surface area contributed by atoms with Crippen molar-refractivity contribution in [2.75, 3.05) is 10.7 Å². The van der Waals surface area contributed by atoms with Crippen LogP contribution in [0.4, 0.5) is 5.69 Å². The van der Waals surface area contributed by atoms with Crippen LogP contribution >= 0.6 is 24.2 Å². The maximum Gasteiger partial charge on any atom is 0.225 e. The number of amidine groups is 1. The molecule has 6 heteroatoms. The summed E-state index contributed by atoms with van der Waals surface area (Å²) in [5.41, 5.74) is 2.42. The first kappa shape index (κ1) is 26.4. The molecular weight excluding hydrogens is 450 g/mol. The zero-order chi connectivity index (χ0) is 22.7. The predicted molar refractivity (Wildman–Crippen MR) is 145 cm³/mol. The highest BCUT2D eigenvalue weighted by atomic mass is 35.5. The first-order valence-electron chi connectivity index (χ1n) is 12.7. The summed E-state index contributed by atoms with van der Waals surface area (Å²) in [6, 6.07) is 9.63. The lowest BCUT2D eigenvalue weighted by molar-refractivity contribution is -0.117. The molecule has 2 saturated carbocycles. The molecule has 184 valence electrons. The molecule has 4 rings (SSSR count). The van der Waals surface area contributed by atoms with Crippen LogP contribution in [0.25, 0.3) is 0 Å². The van der Waals surface area contributed by atoms with E-state index in [2.05, 4.69) is 49.9 Å². The highest BCUT2D eigenvalue weighted by Gasteiger charge is 2.41. The van der Waals surface area contributed by atoms with Gasteiger partial charge in [-0.15, -0.1) is 12.4 Å². The van der Waals surface area contributed by atoms with Gasteiger partial charge in [-0.25, -0.2) is 0 Å². The molecule has 1 aromatic rings. The number of carbonyl (C=O) groups is 1. The molecule has 1 atom stereocenters. The third kappa shape index (κ3) is 6.28. The second-order valence-corrected chi connectivity index (χ2v) is 11.9. The number of hydrogen-bond acceptors (Lipinski definition) is 3. The minimum absolute atomic E-state index is 0. The molecule has 2 aliphatic carbocycles. The monoisotopic (exact) mass is 491 g/mol.